The maximum absolute atomic E-state index is 14.0. The number of hydrogen-bond donors (Lipinski definition) is 3. The molecule has 2 aliphatic heterocycles. The number of fused-ring (bicyclic) bond motifs is 1. The minimum Gasteiger partial charge on any atom is -0.480 e. The van der Waals surface area contributed by atoms with Gasteiger partial charge in [0.2, 0.25) is 5.91 Å². The predicted octanol–water partition coefficient (Wildman–Crippen LogP) is 2.71. The highest BCUT2D eigenvalue weighted by atomic mass is 32.2. The molecule has 18 heteroatoms. The molecule has 1 amide bonds. The van der Waals surface area contributed by atoms with Gasteiger partial charge in [-0.05, 0) is 29.5 Å². The number of pyridine rings is 1. The van der Waals surface area contributed by atoms with Crippen LogP contribution in [0.15, 0.2) is 34.8 Å². The average molecular weight is 635 g/mol. The third-order valence-electron chi connectivity index (χ3n) is 7.11. The number of anilines is 2. The molecule has 2 aliphatic rings. The fourth-order valence-corrected chi connectivity index (χ4v) is 7.43. The summed E-state index contributed by atoms with van der Waals surface area (Å²) in [5.74, 6) is -5.58. The van der Waals surface area contributed by atoms with E-state index in [1.165, 1.54) is 17.2 Å². The quantitative estimate of drug-likeness (QED) is 0.317. The Balaban J connectivity index is 1.35. The Morgan fingerprint density at radius 2 is 2.00 bits per heavy atom. The number of carboxylic acid groups (broad SMARTS) is 1. The summed E-state index contributed by atoms with van der Waals surface area (Å²) < 4.78 is 96.7. The molecule has 5 rings (SSSR count). The summed E-state index contributed by atoms with van der Waals surface area (Å²) in [7, 11) is -4.37. The van der Waals surface area contributed by atoms with Gasteiger partial charge in [0.15, 0.2) is 9.34 Å². The van der Waals surface area contributed by atoms with Crippen LogP contribution >= 0.6 is 11.3 Å². The van der Waals surface area contributed by atoms with Crippen molar-refractivity contribution >= 4 is 55.0 Å². The first kappa shape index (κ1) is 29.8. The van der Waals surface area contributed by atoms with Crippen LogP contribution in [0.1, 0.15) is 24.0 Å². The fourth-order valence-electron chi connectivity index (χ4n) is 5.05. The fraction of sp³-hybridized carbons (Fsp3) is 0.417. The molecule has 226 valence electrons. The number of thiazole rings is 1. The van der Waals surface area contributed by atoms with Crippen LogP contribution in [-0.4, -0.2) is 77.9 Å². The number of carbonyl (C=O) groups excluding carboxylic acids is 1. The van der Waals surface area contributed by atoms with Crippen LogP contribution in [0.3, 0.4) is 0 Å². The van der Waals surface area contributed by atoms with Gasteiger partial charge >= 0.3 is 12.1 Å². The Morgan fingerprint density at radius 3 is 2.64 bits per heavy atom. The summed E-state index contributed by atoms with van der Waals surface area (Å²) in [6.07, 6.45) is -3.89. The molecule has 2 saturated heterocycles. The van der Waals surface area contributed by atoms with Crippen molar-refractivity contribution in [2.24, 2.45) is 0 Å². The number of nitrogens with one attached hydrogen (secondary N) is 1. The number of aliphatic carboxylic acids is 1. The Kier molecular flexibility index (Phi) is 7.51. The second-order valence-electron chi connectivity index (χ2n) is 9.97. The van der Waals surface area contributed by atoms with Crippen molar-refractivity contribution in [1.29, 1.82) is 0 Å². The topological polar surface area (TPSA) is 159 Å². The zero-order chi connectivity index (χ0) is 30.6. The van der Waals surface area contributed by atoms with E-state index in [4.69, 9.17) is 5.73 Å². The number of hydrogen-bond acceptors (Lipinski definition) is 9. The molecule has 3 aromatic rings. The van der Waals surface area contributed by atoms with Crippen LogP contribution in [0, 0.1) is 0 Å². The molecule has 42 heavy (non-hydrogen) atoms. The van der Waals surface area contributed by atoms with Crippen molar-refractivity contribution in [3.8, 4) is 0 Å². The smallest absolute Gasteiger partial charge is 0.416 e. The molecule has 4 heterocycles. The van der Waals surface area contributed by atoms with E-state index in [9.17, 15) is 45.1 Å². The monoisotopic (exact) mass is 634 g/mol. The molecule has 0 radical (unpaired) electrons. The summed E-state index contributed by atoms with van der Waals surface area (Å²) in [6, 6.07) is 0.197. The minimum atomic E-state index is -4.87. The molecule has 2 fully saturated rings. The molecular weight excluding hydrogens is 611 g/mol. The summed E-state index contributed by atoms with van der Waals surface area (Å²) >= 11 is 0.634. The number of benzene rings is 1. The van der Waals surface area contributed by atoms with Gasteiger partial charge in [0, 0.05) is 37.5 Å². The SMILES string of the molecule is Nc1nccc2cc(CC(C(=O)O)N3CCC(NS(=O)(=O)c4cnc(N5CCC(F)(F)C5)s4)C3=O)c(C(F)(F)F)cc12. The largest absolute Gasteiger partial charge is 0.480 e. The summed E-state index contributed by atoms with van der Waals surface area (Å²) in [4.78, 5) is 35.1. The number of carboxylic acids is 1. The number of aromatic nitrogens is 2. The third kappa shape index (κ3) is 5.82. The van der Waals surface area contributed by atoms with Crippen molar-refractivity contribution in [3.63, 3.8) is 0 Å². The Morgan fingerprint density at radius 1 is 1.26 bits per heavy atom. The molecule has 2 unspecified atom stereocenters. The zero-order valence-corrected chi connectivity index (χ0v) is 23.1. The molecule has 1 aromatic carbocycles. The number of carbonyl (C=O) groups is 2. The lowest BCUT2D eigenvalue weighted by Gasteiger charge is -2.26. The van der Waals surface area contributed by atoms with E-state index in [0.717, 1.165) is 23.2 Å². The molecule has 4 N–H and O–H groups in total. The number of nitrogen functional groups attached to an aromatic ring is 1. The van der Waals surface area contributed by atoms with Gasteiger partial charge in [0.1, 0.15) is 17.9 Å². The number of sulfonamides is 1. The van der Waals surface area contributed by atoms with Crippen LogP contribution in [-0.2, 0) is 32.2 Å². The van der Waals surface area contributed by atoms with Gasteiger partial charge in [-0.15, -0.1) is 0 Å². The normalized spacial score (nSPS) is 20.0. The molecule has 2 aromatic heterocycles. The molecular formula is C24H23F5N6O5S2. The predicted molar refractivity (Wildman–Crippen MR) is 141 cm³/mol. The van der Waals surface area contributed by atoms with E-state index in [-0.39, 0.29) is 45.4 Å². The van der Waals surface area contributed by atoms with E-state index in [0.29, 0.717) is 11.3 Å². The van der Waals surface area contributed by atoms with Crippen LogP contribution in [0.5, 0.6) is 0 Å². The molecule has 0 bridgehead atoms. The van der Waals surface area contributed by atoms with Gasteiger partial charge < -0.3 is 20.6 Å². The number of nitrogens with two attached hydrogens (primary N) is 1. The summed E-state index contributed by atoms with van der Waals surface area (Å²) in [6.45, 7) is -0.874. The van der Waals surface area contributed by atoms with Crippen LogP contribution in [0.25, 0.3) is 10.8 Å². The van der Waals surface area contributed by atoms with Crippen molar-refractivity contribution in [3.05, 3.63) is 41.7 Å². The first-order chi connectivity index (χ1) is 19.6. The maximum Gasteiger partial charge on any atom is 0.416 e. The molecule has 0 spiro atoms. The van der Waals surface area contributed by atoms with Gasteiger partial charge in [0.25, 0.3) is 15.9 Å². The molecule has 0 aliphatic carbocycles. The number of rotatable bonds is 8. The van der Waals surface area contributed by atoms with Crippen molar-refractivity contribution in [2.75, 3.05) is 30.3 Å². The first-order valence-corrected chi connectivity index (χ1v) is 14.7. The van der Waals surface area contributed by atoms with Gasteiger partial charge in [-0.2, -0.15) is 17.9 Å². The summed E-state index contributed by atoms with van der Waals surface area (Å²) in [5.41, 5.74) is 4.19. The second kappa shape index (κ2) is 10.6. The lowest BCUT2D eigenvalue weighted by atomic mass is 9.95. The lowest BCUT2D eigenvalue weighted by molar-refractivity contribution is -0.149. The number of nitrogens with zero attached hydrogens (tertiary/aromatic N) is 4. The number of likely N-dealkylation sites (tertiary alicyclic amines) is 1. The minimum absolute atomic E-state index is 0.0163. The third-order valence-corrected chi connectivity index (χ3v) is 10.1. The van der Waals surface area contributed by atoms with Crippen LogP contribution in [0.4, 0.5) is 32.9 Å². The number of alkyl halides is 5. The Labute approximate surface area is 239 Å². The van der Waals surface area contributed by atoms with E-state index in [1.54, 1.807) is 0 Å². The van der Waals surface area contributed by atoms with Crippen molar-refractivity contribution in [2.45, 2.75) is 47.7 Å². The lowest BCUT2D eigenvalue weighted by Crippen LogP contribution is -2.48. The Bertz CT molecular complexity index is 1660. The molecule has 11 nitrogen and oxygen atoms in total. The van der Waals surface area contributed by atoms with Gasteiger partial charge in [0.05, 0.1) is 18.3 Å². The van der Waals surface area contributed by atoms with E-state index in [1.807, 2.05) is 0 Å². The van der Waals surface area contributed by atoms with Gasteiger partial charge in [-0.1, -0.05) is 17.4 Å². The highest BCUT2D eigenvalue weighted by molar-refractivity contribution is 7.91. The van der Waals surface area contributed by atoms with E-state index < -0.39 is 76.6 Å². The molecule has 0 saturated carbocycles. The maximum atomic E-state index is 14.0. The Hall–Kier alpha value is -3.64. The number of halogens is 5. The second-order valence-corrected chi connectivity index (χ2v) is 12.9. The van der Waals surface area contributed by atoms with Gasteiger partial charge in [-0.3, -0.25) is 4.79 Å². The summed E-state index contributed by atoms with van der Waals surface area (Å²) in [5, 5.41) is 10.3. The highest BCUT2D eigenvalue weighted by Gasteiger charge is 2.43. The first-order valence-electron chi connectivity index (χ1n) is 12.4. The van der Waals surface area contributed by atoms with Crippen molar-refractivity contribution < 1.29 is 45.1 Å². The van der Waals surface area contributed by atoms with E-state index in [2.05, 4.69) is 14.7 Å². The van der Waals surface area contributed by atoms with E-state index >= 15 is 0 Å². The highest BCUT2D eigenvalue weighted by Crippen LogP contribution is 2.37. The van der Waals surface area contributed by atoms with Crippen molar-refractivity contribution in [1.82, 2.24) is 19.6 Å². The van der Waals surface area contributed by atoms with Crippen LogP contribution < -0.4 is 15.4 Å². The van der Waals surface area contributed by atoms with Gasteiger partial charge in [-0.25, -0.2) is 32.0 Å². The average Bonchev–Trinajstić information content (AvgIpc) is 3.61. The standard InChI is InChI=1S/C24H23F5N6O5S2/c25-23(26)3-6-34(11-23)22-32-10-18(41-22)42(39,40)33-16-2-5-35(20(16)36)17(21(37)38)8-13-7-12-1-4-31-19(30)14(12)9-15(13)24(27,28)29/h1,4,7,9-10,16-17,33H,2-3,5-6,8,11H2,(H2,30,31)(H,37,38). The molecule has 2 atom stereocenters. The number of amides is 1. The van der Waals surface area contributed by atoms with Crippen LogP contribution in [0.2, 0.25) is 0 Å². The zero-order valence-electron chi connectivity index (χ0n) is 21.4.